The molecule has 0 aliphatic carbocycles. The molecular weight excluding hydrogens is 483 g/mol. The van der Waals surface area contributed by atoms with Crippen LogP contribution in [-0.2, 0) is 6.54 Å². The van der Waals surface area contributed by atoms with Crippen molar-refractivity contribution < 1.29 is 23.4 Å². The predicted octanol–water partition coefficient (Wildman–Crippen LogP) is 7.01. The van der Waals surface area contributed by atoms with Crippen LogP contribution in [0.4, 0.5) is 9.18 Å². The number of methoxy groups -OCH3 is 2. The zero-order valence-electron chi connectivity index (χ0n) is 20.7. The van der Waals surface area contributed by atoms with E-state index in [0.717, 1.165) is 22.0 Å². The van der Waals surface area contributed by atoms with Gasteiger partial charge in [0.15, 0.2) is 11.5 Å². The highest BCUT2D eigenvalue weighted by Crippen LogP contribution is 2.41. The molecule has 0 bridgehead atoms. The summed E-state index contributed by atoms with van der Waals surface area (Å²) in [4.78, 5) is 14.4. The molecule has 0 saturated heterocycles. The maximum atomic E-state index is 14.6. The fourth-order valence-electron chi connectivity index (χ4n) is 4.26. The Balaban J connectivity index is 1.86. The average Bonchev–Trinajstić information content (AvgIpc) is 3.29. The summed E-state index contributed by atoms with van der Waals surface area (Å²) in [6, 6.07) is 16.1. The Morgan fingerprint density at radius 2 is 1.69 bits per heavy atom. The summed E-state index contributed by atoms with van der Waals surface area (Å²) in [6.07, 6.45) is 1.45. The fourth-order valence-corrected chi connectivity index (χ4v) is 4.45. The quantitative estimate of drug-likeness (QED) is 0.256. The van der Waals surface area contributed by atoms with E-state index in [1.54, 1.807) is 43.4 Å². The molecule has 4 rings (SSSR count). The van der Waals surface area contributed by atoms with Gasteiger partial charge >= 0.3 is 6.09 Å². The van der Waals surface area contributed by atoms with E-state index in [1.807, 2.05) is 48.9 Å². The van der Waals surface area contributed by atoms with Crippen LogP contribution in [0.5, 0.6) is 17.2 Å². The number of carbonyl (C=O) groups is 1. The molecule has 0 saturated carbocycles. The molecule has 4 aromatic rings. The molecule has 1 aromatic heterocycles. The van der Waals surface area contributed by atoms with Crippen LogP contribution in [0, 0.1) is 5.82 Å². The molecule has 36 heavy (non-hydrogen) atoms. The lowest BCUT2D eigenvalue weighted by Gasteiger charge is -2.20. The average molecular weight is 511 g/mol. The van der Waals surface area contributed by atoms with E-state index >= 15 is 0 Å². The molecule has 0 atom stereocenters. The first-order valence-corrected chi connectivity index (χ1v) is 12.0. The smallest absolute Gasteiger partial charge is 0.415 e. The van der Waals surface area contributed by atoms with Gasteiger partial charge in [-0.15, -0.1) is 0 Å². The van der Waals surface area contributed by atoms with Gasteiger partial charge in [-0.05, 0) is 55.8 Å². The van der Waals surface area contributed by atoms with E-state index in [0.29, 0.717) is 42.4 Å². The van der Waals surface area contributed by atoms with Crippen LogP contribution in [-0.4, -0.2) is 42.9 Å². The van der Waals surface area contributed by atoms with E-state index in [2.05, 4.69) is 0 Å². The standard InChI is InChI=1S/C28H28ClFN2O4/c1-5-31(6-2)28(33)36-24-13-11-22-20(26(24)18-10-12-23(34-3)25(16-18)35-4)14-15-32(22)17-19-8-7-9-21(29)27(19)30/h7-16H,5-6,17H2,1-4H3. The molecular formula is C28H28ClFN2O4. The van der Waals surface area contributed by atoms with Crippen molar-refractivity contribution >= 4 is 28.6 Å². The normalized spacial score (nSPS) is 10.9. The van der Waals surface area contributed by atoms with Crippen molar-refractivity contribution in [2.24, 2.45) is 0 Å². The molecule has 0 radical (unpaired) electrons. The zero-order chi connectivity index (χ0) is 25.8. The van der Waals surface area contributed by atoms with Gasteiger partial charge in [-0.3, -0.25) is 0 Å². The van der Waals surface area contributed by atoms with Gasteiger partial charge in [-0.2, -0.15) is 0 Å². The highest BCUT2D eigenvalue weighted by molar-refractivity contribution is 6.30. The topological polar surface area (TPSA) is 52.9 Å². The predicted molar refractivity (Wildman–Crippen MR) is 140 cm³/mol. The minimum atomic E-state index is -0.439. The second kappa shape index (κ2) is 10.9. The van der Waals surface area contributed by atoms with Crippen molar-refractivity contribution in [2.45, 2.75) is 20.4 Å². The molecule has 0 unspecified atom stereocenters. The third-order valence-corrected chi connectivity index (χ3v) is 6.47. The van der Waals surface area contributed by atoms with Crippen LogP contribution in [0.1, 0.15) is 19.4 Å². The van der Waals surface area contributed by atoms with E-state index in [1.165, 1.54) is 6.07 Å². The van der Waals surface area contributed by atoms with Gasteiger partial charge in [0, 0.05) is 41.3 Å². The Kier molecular flexibility index (Phi) is 7.70. The van der Waals surface area contributed by atoms with Crippen molar-refractivity contribution in [3.05, 3.63) is 77.2 Å². The number of benzene rings is 3. The molecule has 1 amide bonds. The number of ether oxygens (including phenoxy) is 3. The van der Waals surface area contributed by atoms with Crippen LogP contribution in [0.15, 0.2) is 60.8 Å². The van der Waals surface area contributed by atoms with E-state index in [9.17, 15) is 9.18 Å². The van der Waals surface area contributed by atoms with Gasteiger partial charge in [-0.1, -0.05) is 29.8 Å². The third-order valence-electron chi connectivity index (χ3n) is 6.18. The monoisotopic (exact) mass is 510 g/mol. The van der Waals surface area contributed by atoms with E-state index in [4.69, 9.17) is 25.8 Å². The lowest BCUT2D eigenvalue weighted by molar-refractivity contribution is 0.157. The second-order valence-electron chi connectivity index (χ2n) is 8.14. The van der Waals surface area contributed by atoms with Gasteiger partial charge in [0.25, 0.3) is 0 Å². The molecule has 6 nitrogen and oxygen atoms in total. The molecule has 8 heteroatoms. The zero-order valence-corrected chi connectivity index (χ0v) is 21.4. The van der Waals surface area contributed by atoms with Crippen molar-refractivity contribution in [3.8, 4) is 28.4 Å². The highest BCUT2D eigenvalue weighted by atomic mass is 35.5. The molecule has 0 N–H and O–H groups in total. The Morgan fingerprint density at radius 1 is 0.972 bits per heavy atom. The Labute approximate surface area is 214 Å². The van der Waals surface area contributed by atoms with Crippen LogP contribution >= 0.6 is 11.6 Å². The number of aromatic nitrogens is 1. The Hall–Kier alpha value is -3.71. The summed E-state index contributed by atoms with van der Waals surface area (Å²) in [6.45, 7) is 5.16. The van der Waals surface area contributed by atoms with Crippen molar-refractivity contribution in [2.75, 3.05) is 27.3 Å². The molecule has 1 heterocycles. The first-order valence-electron chi connectivity index (χ1n) is 11.7. The lowest BCUT2D eigenvalue weighted by atomic mass is 10.00. The highest BCUT2D eigenvalue weighted by Gasteiger charge is 2.20. The molecule has 3 aromatic carbocycles. The van der Waals surface area contributed by atoms with E-state index in [-0.39, 0.29) is 5.02 Å². The molecule has 0 spiro atoms. The van der Waals surface area contributed by atoms with Crippen LogP contribution in [0.25, 0.3) is 22.0 Å². The van der Waals surface area contributed by atoms with Crippen LogP contribution in [0.3, 0.4) is 0 Å². The summed E-state index contributed by atoms with van der Waals surface area (Å²) < 4.78 is 33.3. The van der Waals surface area contributed by atoms with E-state index < -0.39 is 11.9 Å². The molecule has 0 aliphatic heterocycles. The van der Waals surface area contributed by atoms with Crippen molar-refractivity contribution in [1.29, 1.82) is 0 Å². The molecule has 0 aliphatic rings. The summed E-state index contributed by atoms with van der Waals surface area (Å²) in [7, 11) is 3.14. The maximum Gasteiger partial charge on any atom is 0.415 e. The number of amides is 1. The lowest BCUT2D eigenvalue weighted by Crippen LogP contribution is -2.33. The second-order valence-corrected chi connectivity index (χ2v) is 8.55. The van der Waals surface area contributed by atoms with Crippen molar-refractivity contribution in [1.82, 2.24) is 9.47 Å². The van der Waals surface area contributed by atoms with Gasteiger partial charge in [0.1, 0.15) is 11.6 Å². The van der Waals surface area contributed by atoms with Gasteiger partial charge < -0.3 is 23.7 Å². The summed E-state index contributed by atoms with van der Waals surface area (Å²) in [5.41, 5.74) is 2.83. The Morgan fingerprint density at radius 3 is 2.39 bits per heavy atom. The van der Waals surface area contributed by atoms with Gasteiger partial charge in [-0.25, -0.2) is 9.18 Å². The number of hydrogen-bond donors (Lipinski definition) is 0. The minimum Gasteiger partial charge on any atom is -0.493 e. The number of rotatable bonds is 8. The number of halogens is 2. The number of carbonyl (C=O) groups excluding carboxylic acids is 1. The summed E-state index contributed by atoms with van der Waals surface area (Å²) in [5, 5.41) is 0.926. The third kappa shape index (κ3) is 4.84. The van der Waals surface area contributed by atoms with Crippen molar-refractivity contribution in [3.63, 3.8) is 0 Å². The molecule has 188 valence electrons. The first kappa shape index (κ1) is 25.4. The summed E-state index contributed by atoms with van der Waals surface area (Å²) in [5.74, 6) is 1.11. The minimum absolute atomic E-state index is 0.0839. The fraction of sp³-hybridized carbons (Fsp3) is 0.250. The van der Waals surface area contributed by atoms with Crippen LogP contribution < -0.4 is 14.2 Å². The summed E-state index contributed by atoms with van der Waals surface area (Å²) >= 11 is 5.99. The number of fused-ring (bicyclic) bond motifs is 1. The Bertz CT molecular complexity index is 1400. The maximum absolute atomic E-state index is 14.6. The van der Waals surface area contributed by atoms with Crippen LogP contribution in [0.2, 0.25) is 5.02 Å². The van der Waals surface area contributed by atoms with Gasteiger partial charge in [0.05, 0.1) is 25.8 Å². The largest absolute Gasteiger partial charge is 0.493 e. The number of hydrogen-bond acceptors (Lipinski definition) is 4. The SMILES string of the molecule is CCN(CC)C(=O)Oc1ccc2c(ccn2Cc2cccc(Cl)c2F)c1-c1ccc(OC)c(OC)c1. The first-order chi connectivity index (χ1) is 17.4. The number of nitrogens with zero attached hydrogens (tertiary/aromatic N) is 2. The van der Waals surface area contributed by atoms with Gasteiger partial charge in [0.2, 0.25) is 0 Å². The molecule has 0 fully saturated rings.